The summed E-state index contributed by atoms with van der Waals surface area (Å²) in [5.41, 5.74) is 5.48. The van der Waals surface area contributed by atoms with Crippen molar-refractivity contribution in [3.63, 3.8) is 0 Å². The van der Waals surface area contributed by atoms with Crippen LogP contribution in [-0.2, 0) is 4.79 Å². The van der Waals surface area contributed by atoms with Crippen LogP contribution >= 0.6 is 11.8 Å². The molecule has 0 radical (unpaired) electrons. The van der Waals surface area contributed by atoms with Gasteiger partial charge in [0.25, 0.3) is 5.91 Å². The topological polar surface area (TPSA) is 52.7 Å². The van der Waals surface area contributed by atoms with Crippen molar-refractivity contribution in [3.05, 3.63) is 89.5 Å². The van der Waals surface area contributed by atoms with Crippen LogP contribution < -0.4 is 15.1 Å². The van der Waals surface area contributed by atoms with Gasteiger partial charge in [0.15, 0.2) is 0 Å². The maximum atomic E-state index is 12.6. The van der Waals surface area contributed by atoms with E-state index >= 15 is 0 Å². The molecule has 4 rings (SSSR count). The Balaban J connectivity index is 1.50. The fraction of sp³-hybridized carbons (Fsp3) is 0.200. The van der Waals surface area contributed by atoms with Crippen molar-refractivity contribution < 1.29 is 9.59 Å². The number of benzene rings is 3. The van der Waals surface area contributed by atoms with Crippen LogP contribution in [0.15, 0.2) is 72.8 Å². The van der Waals surface area contributed by atoms with E-state index in [0.29, 0.717) is 11.3 Å². The maximum Gasteiger partial charge on any atom is 0.255 e. The summed E-state index contributed by atoms with van der Waals surface area (Å²) in [6, 6.07) is 23.2. The summed E-state index contributed by atoms with van der Waals surface area (Å²) in [7, 11) is 3.99. The lowest BCUT2D eigenvalue weighted by atomic mass is 10.1. The molecule has 1 heterocycles. The zero-order chi connectivity index (χ0) is 22.0. The number of carbonyl (C=O) groups excluding carboxylic acids is 2. The van der Waals surface area contributed by atoms with Gasteiger partial charge in [-0.25, -0.2) is 0 Å². The minimum atomic E-state index is -0.138. The van der Waals surface area contributed by atoms with Gasteiger partial charge in [-0.1, -0.05) is 29.8 Å². The molecule has 31 heavy (non-hydrogen) atoms. The average molecular weight is 432 g/mol. The number of hydrogen-bond donors (Lipinski definition) is 1. The number of carbonyl (C=O) groups is 2. The first kappa shape index (κ1) is 21.0. The monoisotopic (exact) mass is 431 g/mol. The summed E-state index contributed by atoms with van der Waals surface area (Å²) in [5, 5.41) is 2.85. The first-order valence-electron chi connectivity index (χ1n) is 10.1. The van der Waals surface area contributed by atoms with Crippen LogP contribution in [-0.4, -0.2) is 31.7 Å². The molecule has 2 amide bonds. The Morgan fingerprint density at radius 3 is 2.23 bits per heavy atom. The van der Waals surface area contributed by atoms with E-state index < -0.39 is 0 Å². The second-order valence-electron chi connectivity index (χ2n) is 7.78. The van der Waals surface area contributed by atoms with Gasteiger partial charge in [-0.15, -0.1) is 11.8 Å². The second-order valence-corrected chi connectivity index (χ2v) is 8.85. The molecule has 0 bridgehead atoms. The van der Waals surface area contributed by atoms with Crippen LogP contribution in [0.5, 0.6) is 0 Å². The molecular formula is C25H25N3O2S. The molecule has 1 saturated heterocycles. The van der Waals surface area contributed by atoms with Gasteiger partial charge < -0.3 is 10.2 Å². The number of amides is 2. The lowest BCUT2D eigenvalue weighted by molar-refractivity contribution is -0.115. The molecule has 0 aliphatic carbocycles. The average Bonchev–Trinajstić information content (AvgIpc) is 3.16. The largest absolute Gasteiger partial charge is 0.378 e. The van der Waals surface area contributed by atoms with Crippen LogP contribution in [0.25, 0.3) is 0 Å². The molecule has 1 atom stereocenters. The quantitative estimate of drug-likeness (QED) is 0.611. The van der Waals surface area contributed by atoms with Crippen LogP contribution in [0, 0.1) is 6.92 Å². The highest BCUT2D eigenvalue weighted by Gasteiger charge is 2.34. The molecule has 1 N–H and O–H groups in total. The zero-order valence-electron chi connectivity index (χ0n) is 17.8. The number of nitrogens with one attached hydrogen (secondary N) is 1. The van der Waals surface area contributed by atoms with Crippen molar-refractivity contribution in [1.29, 1.82) is 0 Å². The molecule has 0 unspecified atom stereocenters. The van der Waals surface area contributed by atoms with Crippen molar-refractivity contribution in [2.45, 2.75) is 12.3 Å². The van der Waals surface area contributed by atoms with E-state index in [4.69, 9.17) is 0 Å². The third-order valence-electron chi connectivity index (χ3n) is 5.28. The normalized spacial score (nSPS) is 15.8. The Hall–Kier alpha value is -3.25. The highest BCUT2D eigenvalue weighted by atomic mass is 32.2. The highest BCUT2D eigenvalue weighted by Crippen LogP contribution is 2.42. The number of hydrogen-bond acceptors (Lipinski definition) is 4. The predicted molar refractivity (Wildman–Crippen MR) is 129 cm³/mol. The van der Waals surface area contributed by atoms with Crippen molar-refractivity contribution in [2.75, 3.05) is 35.0 Å². The van der Waals surface area contributed by atoms with Gasteiger partial charge in [-0.3, -0.25) is 14.5 Å². The molecule has 5 nitrogen and oxygen atoms in total. The number of rotatable bonds is 5. The van der Waals surface area contributed by atoms with Crippen LogP contribution in [0.2, 0.25) is 0 Å². The molecule has 1 fully saturated rings. The minimum Gasteiger partial charge on any atom is -0.378 e. The minimum absolute atomic E-state index is 0.0837. The van der Waals surface area contributed by atoms with Crippen molar-refractivity contribution in [2.24, 2.45) is 0 Å². The summed E-state index contributed by atoms with van der Waals surface area (Å²) in [6.07, 6.45) is 0. The number of nitrogens with zero attached hydrogens (tertiary/aromatic N) is 2. The predicted octanol–water partition coefficient (Wildman–Crippen LogP) is 5.09. The number of thioether (sulfide) groups is 1. The summed E-state index contributed by atoms with van der Waals surface area (Å²) in [4.78, 5) is 28.9. The Labute approximate surface area is 187 Å². The van der Waals surface area contributed by atoms with E-state index in [0.717, 1.165) is 28.2 Å². The standard InChI is InChI=1S/C25H25N3O2S/c1-17-4-6-18(7-5-17)24(30)26-20-10-8-19(9-11-20)25-28(23(29)16-31-25)22-14-12-21(13-15-22)27(2)3/h4-15,25H,16H2,1-3H3,(H,26,30)/t25-/m0/s1. The molecule has 1 aliphatic heterocycles. The third-order valence-corrected chi connectivity index (χ3v) is 6.49. The van der Waals surface area contributed by atoms with Gasteiger partial charge in [0.2, 0.25) is 5.91 Å². The summed E-state index contributed by atoms with van der Waals surface area (Å²) in [5.74, 6) is 0.413. The van der Waals surface area contributed by atoms with E-state index in [1.807, 2.05) is 104 Å². The van der Waals surface area contributed by atoms with E-state index in [-0.39, 0.29) is 17.2 Å². The molecule has 0 spiro atoms. The smallest absolute Gasteiger partial charge is 0.255 e. The first-order valence-corrected chi connectivity index (χ1v) is 11.2. The van der Waals surface area contributed by atoms with Gasteiger partial charge in [0.1, 0.15) is 5.37 Å². The molecule has 0 aromatic heterocycles. The molecule has 0 saturated carbocycles. The van der Waals surface area contributed by atoms with E-state index in [1.54, 1.807) is 11.8 Å². The SMILES string of the molecule is Cc1ccc(C(=O)Nc2ccc([C@@H]3SCC(=O)N3c3ccc(N(C)C)cc3)cc2)cc1. The third kappa shape index (κ3) is 4.59. The first-order chi connectivity index (χ1) is 14.9. The molecule has 3 aromatic carbocycles. The summed E-state index contributed by atoms with van der Waals surface area (Å²) < 4.78 is 0. The van der Waals surface area contributed by atoms with Crippen molar-refractivity contribution in [3.8, 4) is 0 Å². The van der Waals surface area contributed by atoms with Gasteiger partial charge in [0.05, 0.1) is 5.75 Å². The molecule has 6 heteroatoms. The van der Waals surface area contributed by atoms with Crippen molar-refractivity contribution in [1.82, 2.24) is 0 Å². The van der Waals surface area contributed by atoms with Gasteiger partial charge in [0, 0.05) is 36.7 Å². The van der Waals surface area contributed by atoms with Crippen LogP contribution in [0.3, 0.4) is 0 Å². The maximum absolute atomic E-state index is 12.6. The Morgan fingerprint density at radius 2 is 1.61 bits per heavy atom. The lowest BCUT2D eigenvalue weighted by Crippen LogP contribution is -2.27. The van der Waals surface area contributed by atoms with Gasteiger partial charge in [-0.2, -0.15) is 0 Å². The fourth-order valence-electron chi connectivity index (χ4n) is 3.50. The Morgan fingerprint density at radius 1 is 0.968 bits per heavy atom. The second kappa shape index (κ2) is 8.86. The van der Waals surface area contributed by atoms with E-state index in [1.165, 1.54) is 0 Å². The van der Waals surface area contributed by atoms with Gasteiger partial charge >= 0.3 is 0 Å². The molecule has 1 aliphatic rings. The van der Waals surface area contributed by atoms with E-state index in [2.05, 4.69) is 5.32 Å². The van der Waals surface area contributed by atoms with E-state index in [9.17, 15) is 9.59 Å². The van der Waals surface area contributed by atoms with Gasteiger partial charge in [-0.05, 0) is 61.0 Å². The molecule has 158 valence electrons. The number of aryl methyl sites for hydroxylation is 1. The van der Waals surface area contributed by atoms with Crippen LogP contribution in [0.4, 0.5) is 17.1 Å². The Kier molecular flexibility index (Phi) is 6.00. The fourth-order valence-corrected chi connectivity index (χ4v) is 4.68. The summed E-state index contributed by atoms with van der Waals surface area (Å²) in [6.45, 7) is 1.99. The van der Waals surface area contributed by atoms with Crippen LogP contribution in [0.1, 0.15) is 26.9 Å². The summed E-state index contributed by atoms with van der Waals surface area (Å²) >= 11 is 1.61. The highest BCUT2D eigenvalue weighted by molar-refractivity contribution is 8.00. The Bertz CT molecular complexity index is 1080. The number of anilines is 3. The molecule has 3 aromatic rings. The van der Waals surface area contributed by atoms with Crippen molar-refractivity contribution >= 4 is 40.6 Å². The zero-order valence-corrected chi connectivity index (χ0v) is 18.6. The molecular weight excluding hydrogens is 406 g/mol. The lowest BCUT2D eigenvalue weighted by Gasteiger charge is -2.25.